The van der Waals surface area contributed by atoms with Gasteiger partial charge in [-0.15, -0.1) is 11.3 Å². The molecule has 0 bridgehead atoms. The van der Waals surface area contributed by atoms with Crippen LogP contribution in [0.4, 0.5) is 9.80 Å². The number of pyridine rings is 1. The molecule has 0 spiro atoms. The highest BCUT2D eigenvalue weighted by atomic mass is 32.1. The number of rotatable bonds is 10. The molecule has 5 N–H and O–H groups in total. The van der Waals surface area contributed by atoms with Gasteiger partial charge in [-0.2, -0.15) is 0 Å². The maximum Gasteiger partial charge on any atom is 0.320 e. The highest BCUT2D eigenvalue weighted by molar-refractivity contribution is 7.18. The van der Waals surface area contributed by atoms with Crippen molar-refractivity contribution in [1.29, 1.82) is 0 Å². The van der Waals surface area contributed by atoms with Gasteiger partial charge in [-0.05, 0) is 43.7 Å². The van der Waals surface area contributed by atoms with Gasteiger partial charge >= 0.3 is 12.0 Å². The molecule has 3 aromatic rings. The number of hydrogen-bond acceptors (Lipinski definition) is 6. The molecular formula is C25H27N5O5S. The van der Waals surface area contributed by atoms with Crippen LogP contribution in [0, 0.1) is 6.92 Å². The second kappa shape index (κ2) is 12.5. The highest BCUT2D eigenvalue weighted by Crippen LogP contribution is 2.22. The third-order valence-electron chi connectivity index (χ3n) is 5.14. The summed E-state index contributed by atoms with van der Waals surface area (Å²) in [5, 5.41) is 20.3. The fourth-order valence-electron chi connectivity index (χ4n) is 3.21. The van der Waals surface area contributed by atoms with E-state index < -0.39 is 35.9 Å². The number of nitrogens with one attached hydrogen (secondary N) is 4. The maximum atomic E-state index is 12.7. The number of carboxylic acid groups (broad SMARTS) is 1. The number of thiophene rings is 1. The first-order valence-corrected chi connectivity index (χ1v) is 12.0. The van der Waals surface area contributed by atoms with Crippen molar-refractivity contribution < 1.29 is 24.3 Å². The summed E-state index contributed by atoms with van der Waals surface area (Å²) >= 11 is 1.06. The number of aryl methyl sites for hydroxylation is 1. The van der Waals surface area contributed by atoms with Gasteiger partial charge in [-0.25, -0.2) is 4.79 Å². The number of hydrogen-bond donors (Lipinski definition) is 5. The molecule has 11 heteroatoms. The van der Waals surface area contributed by atoms with Crippen molar-refractivity contribution >= 4 is 40.2 Å². The molecule has 0 fully saturated rings. The molecule has 1 aromatic carbocycles. The fraction of sp³-hybridized carbons (Fsp3) is 0.240. The number of urea groups is 1. The van der Waals surface area contributed by atoms with Gasteiger partial charge in [-0.3, -0.25) is 24.7 Å². The summed E-state index contributed by atoms with van der Waals surface area (Å²) in [5.41, 5.74) is 2.37. The number of amides is 4. The Labute approximate surface area is 212 Å². The predicted octanol–water partition coefficient (Wildman–Crippen LogP) is 3.22. The molecule has 0 radical (unpaired) electrons. The molecule has 2 aromatic heterocycles. The number of aromatic nitrogens is 1. The van der Waals surface area contributed by atoms with Crippen molar-refractivity contribution in [2.24, 2.45) is 0 Å². The number of anilines is 1. The first-order chi connectivity index (χ1) is 17.2. The molecule has 0 saturated heterocycles. The van der Waals surface area contributed by atoms with Crippen molar-refractivity contribution in [2.75, 3.05) is 5.32 Å². The summed E-state index contributed by atoms with van der Waals surface area (Å²) in [6, 6.07) is 13.6. The second-order valence-corrected chi connectivity index (χ2v) is 9.14. The van der Waals surface area contributed by atoms with Crippen LogP contribution in [0.15, 0.2) is 60.8 Å². The van der Waals surface area contributed by atoms with Crippen LogP contribution in [0.3, 0.4) is 0 Å². The molecule has 188 valence electrons. The Balaban J connectivity index is 1.53. The lowest BCUT2D eigenvalue weighted by molar-refractivity contribution is -0.137. The Kier molecular flexibility index (Phi) is 9.12. The standard InChI is InChI=1S/C25H27N5O5S/c1-15-6-8-17(9-7-15)19(13-22(31)32)29-23(33)16(2)28-24(34)20-10-11-21(36-20)30-25(35)27-14-18-5-3-4-12-26-18/h3-12,16,19H,13-14H2,1-2H3,(H,28,34)(H,29,33)(H,31,32)(H2,27,30,35). The maximum absolute atomic E-state index is 12.7. The minimum atomic E-state index is -1.06. The van der Waals surface area contributed by atoms with E-state index in [1.807, 2.05) is 25.1 Å². The van der Waals surface area contributed by atoms with Crippen LogP contribution in [0.2, 0.25) is 0 Å². The van der Waals surface area contributed by atoms with E-state index >= 15 is 0 Å². The van der Waals surface area contributed by atoms with Gasteiger partial charge in [0.1, 0.15) is 6.04 Å². The van der Waals surface area contributed by atoms with Crippen LogP contribution < -0.4 is 21.3 Å². The van der Waals surface area contributed by atoms with E-state index in [2.05, 4.69) is 26.3 Å². The van der Waals surface area contributed by atoms with Crippen molar-refractivity contribution in [3.63, 3.8) is 0 Å². The number of aliphatic carboxylic acids is 1. The molecule has 0 saturated carbocycles. The molecule has 2 heterocycles. The van der Waals surface area contributed by atoms with Crippen LogP contribution in [-0.4, -0.2) is 39.9 Å². The number of nitrogens with zero attached hydrogens (tertiary/aromatic N) is 1. The largest absolute Gasteiger partial charge is 0.481 e. The molecule has 10 nitrogen and oxygen atoms in total. The monoisotopic (exact) mass is 509 g/mol. The summed E-state index contributed by atoms with van der Waals surface area (Å²) < 4.78 is 0. The molecule has 0 aliphatic heterocycles. The number of carboxylic acids is 1. The molecule has 0 aliphatic carbocycles. The first kappa shape index (κ1) is 26.4. The van der Waals surface area contributed by atoms with Crippen molar-refractivity contribution in [3.05, 3.63) is 82.5 Å². The average molecular weight is 510 g/mol. The van der Waals surface area contributed by atoms with E-state index in [1.165, 1.54) is 6.92 Å². The lowest BCUT2D eigenvalue weighted by Gasteiger charge is -2.21. The number of benzene rings is 1. The summed E-state index contributed by atoms with van der Waals surface area (Å²) in [7, 11) is 0. The van der Waals surface area contributed by atoms with Gasteiger partial charge < -0.3 is 21.1 Å². The number of carbonyl (C=O) groups is 4. The first-order valence-electron chi connectivity index (χ1n) is 11.2. The van der Waals surface area contributed by atoms with Crippen LogP contribution in [0.5, 0.6) is 0 Å². The molecule has 3 rings (SSSR count). The Morgan fingerprint density at radius 1 is 1.00 bits per heavy atom. The van der Waals surface area contributed by atoms with Gasteiger partial charge in [0.25, 0.3) is 5.91 Å². The fourth-order valence-corrected chi connectivity index (χ4v) is 4.02. The van der Waals surface area contributed by atoms with Gasteiger partial charge in [0.2, 0.25) is 5.91 Å². The van der Waals surface area contributed by atoms with Gasteiger partial charge in [0, 0.05) is 6.20 Å². The second-order valence-electron chi connectivity index (χ2n) is 8.06. The van der Waals surface area contributed by atoms with Gasteiger partial charge in [0.05, 0.1) is 34.6 Å². The van der Waals surface area contributed by atoms with E-state index in [9.17, 15) is 24.3 Å². The average Bonchev–Trinajstić information content (AvgIpc) is 3.31. The van der Waals surface area contributed by atoms with E-state index in [-0.39, 0.29) is 13.0 Å². The van der Waals surface area contributed by atoms with Crippen LogP contribution >= 0.6 is 11.3 Å². The van der Waals surface area contributed by atoms with Crippen LogP contribution in [0.25, 0.3) is 0 Å². The quantitative estimate of drug-likeness (QED) is 0.283. The Bertz CT molecular complexity index is 1210. The topological polar surface area (TPSA) is 150 Å². The minimum Gasteiger partial charge on any atom is -0.481 e. The molecule has 36 heavy (non-hydrogen) atoms. The molecule has 2 atom stereocenters. The van der Waals surface area contributed by atoms with Crippen molar-refractivity contribution in [1.82, 2.24) is 20.9 Å². The van der Waals surface area contributed by atoms with Gasteiger partial charge in [-0.1, -0.05) is 35.9 Å². The summed E-state index contributed by atoms with van der Waals surface area (Å²) in [6.07, 6.45) is 1.34. The minimum absolute atomic E-state index is 0.253. The molecular weight excluding hydrogens is 482 g/mol. The smallest absolute Gasteiger partial charge is 0.320 e. The van der Waals surface area contributed by atoms with E-state index in [4.69, 9.17) is 0 Å². The zero-order valence-electron chi connectivity index (χ0n) is 19.8. The number of carbonyl (C=O) groups excluding carboxylic acids is 3. The Hall–Kier alpha value is -4.25. The summed E-state index contributed by atoms with van der Waals surface area (Å²) in [6.45, 7) is 3.67. The van der Waals surface area contributed by atoms with Crippen LogP contribution in [-0.2, 0) is 16.1 Å². The van der Waals surface area contributed by atoms with Crippen molar-refractivity contribution in [2.45, 2.75) is 38.9 Å². The highest BCUT2D eigenvalue weighted by Gasteiger charge is 2.23. The van der Waals surface area contributed by atoms with Crippen LogP contribution in [0.1, 0.15) is 45.9 Å². The normalized spacial score (nSPS) is 12.2. The van der Waals surface area contributed by atoms with E-state index in [0.29, 0.717) is 21.1 Å². The predicted molar refractivity (Wildman–Crippen MR) is 136 cm³/mol. The lowest BCUT2D eigenvalue weighted by Crippen LogP contribution is -2.46. The van der Waals surface area contributed by atoms with Crippen molar-refractivity contribution in [3.8, 4) is 0 Å². The lowest BCUT2D eigenvalue weighted by atomic mass is 10.0. The van der Waals surface area contributed by atoms with Gasteiger partial charge in [0.15, 0.2) is 0 Å². The molecule has 0 aliphatic rings. The zero-order chi connectivity index (χ0) is 26.1. The summed E-state index contributed by atoms with van der Waals surface area (Å²) in [4.78, 5) is 53.2. The molecule has 2 unspecified atom stereocenters. The van der Waals surface area contributed by atoms with E-state index in [0.717, 1.165) is 16.9 Å². The Morgan fingerprint density at radius 2 is 1.75 bits per heavy atom. The van der Waals surface area contributed by atoms with E-state index in [1.54, 1.807) is 42.6 Å². The third kappa shape index (κ3) is 7.91. The SMILES string of the molecule is Cc1ccc(C(CC(=O)O)NC(=O)C(C)NC(=O)c2ccc(NC(=O)NCc3ccccn3)s2)cc1. The third-order valence-corrected chi connectivity index (χ3v) is 6.14. The summed E-state index contributed by atoms with van der Waals surface area (Å²) in [5.74, 6) is -2.06. The zero-order valence-corrected chi connectivity index (χ0v) is 20.6. The Morgan fingerprint density at radius 3 is 2.42 bits per heavy atom. The molecule has 4 amide bonds.